The van der Waals surface area contributed by atoms with Gasteiger partial charge in [-0.3, -0.25) is 9.13 Å². The van der Waals surface area contributed by atoms with E-state index in [9.17, 15) is 4.79 Å². The van der Waals surface area contributed by atoms with E-state index in [4.69, 9.17) is 0 Å². The first-order valence-electron chi connectivity index (χ1n) is 4.93. The van der Waals surface area contributed by atoms with Crippen LogP contribution in [0.3, 0.4) is 0 Å². The van der Waals surface area contributed by atoms with Crippen molar-refractivity contribution in [2.45, 2.75) is 32.9 Å². The molecule has 0 bridgehead atoms. The van der Waals surface area contributed by atoms with Crippen molar-refractivity contribution >= 4 is 11.8 Å². The summed E-state index contributed by atoms with van der Waals surface area (Å²) in [5.41, 5.74) is 0.112. The topological polar surface area (TPSA) is 26.9 Å². The van der Waals surface area contributed by atoms with Crippen LogP contribution >= 0.6 is 11.8 Å². The van der Waals surface area contributed by atoms with Crippen LogP contribution in [0.2, 0.25) is 0 Å². The lowest BCUT2D eigenvalue weighted by Gasteiger charge is -2.04. The first-order chi connectivity index (χ1) is 6.66. The summed E-state index contributed by atoms with van der Waals surface area (Å²) in [5.74, 6) is 1.11. The Morgan fingerprint density at radius 2 is 2.14 bits per heavy atom. The second-order valence-corrected chi connectivity index (χ2v) is 4.61. The van der Waals surface area contributed by atoms with Crippen LogP contribution in [0.4, 0.5) is 0 Å². The molecule has 0 amide bonds. The molecule has 1 heterocycles. The third-order valence-corrected chi connectivity index (χ3v) is 2.87. The van der Waals surface area contributed by atoms with Crippen molar-refractivity contribution < 1.29 is 0 Å². The van der Waals surface area contributed by atoms with Gasteiger partial charge in [-0.2, -0.15) is 11.8 Å². The molecule has 0 aliphatic heterocycles. The fourth-order valence-corrected chi connectivity index (χ4v) is 1.79. The molecule has 0 fully saturated rings. The zero-order valence-corrected chi connectivity index (χ0v) is 9.88. The Kier molecular flexibility index (Phi) is 4.32. The van der Waals surface area contributed by atoms with Gasteiger partial charge in [-0.05, 0) is 32.3 Å². The van der Waals surface area contributed by atoms with Gasteiger partial charge in [0.05, 0.1) is 0 Å². The van der Waals surface area contributed by atoms with E-state index in [0.29, 0.717) is 0 Å². The van der Waals surface area contributed by atoms with E-state index in [-0.39, 0.29) is 11.7 Å². The first kappa shape index (κ1) is 11.4. The lowest BCUT2D eigenvalue weighted by atomic mass is 10.4. The zero-order valence-electron chi connectivity index (χ0n) is 9.06. The third kappa shape index (κ3) is 2.67. The molecule has 80 valence electrons. The summed E-state index contributed by atoms with van der Waals surface area (Å²) in [6.07, 6.45) is 6.89. The SMILES string of the molecule is CSCCCn1ccn(C(C)C)c1=O. The summed E-state index contributed by atoms with van der Waals surface area (Å²) in [4.78, 5) is 11.7. The molecule has 1 rings (SSSR count). The minimum absolute atomic E-state index is 0.112. The highest BCUT2D eigenvalue weighted by molar-refractivity contribution is 7.98. The van der Waals surface area contributed by atoms with Gasteiger partial charge in [0.15, 0.2) is 0 Å². The molecule has 3 nitrogen and oxygen atoms in total. The minimum atomic E-state index is 0.112. The van der Waals surface area contributed by atoms with Crippen LogP contribution < -0.4 is 5.69 Å². The number of rotatable bonds is 5. The maximum atomic E-state index is 11.7. The Bertz CT molecular complexity index is 327. The van der Waals surface area contributed by atoms with Crippen molar-refractivity contribution in [3.63, 3.8) is 0 Å². The van der Waals surface area contributed by atoms with Crippen molar-refractivity contribution in [1.29, 1.82) is 0 Å². The van der Waals surface area contributed by atoms with Crippen LogP contribution in [0, 0.1) is 0 Å². The molecule has 1 aromatic rings. The largest absolute Gasteiger partial charge is 0.328 e. The van der Waals surface area contributed by atoms with Crippen LogP contribution in [0.15, 0.2) is 17.2 Å². The number of aromatic nitrogens is 2. The summed E-state index contributed by atoms with van der Waals surface area (Å²) in [7, 11) is 0. The number of aryl methyl sites for hydroxylation is 1. The highest BCUT2D eigenvalue weighted by Crippen LogP contribution is 2.01. The van der Waals surface area contributed by atoms with Gasteiger partial charge in [-0.25, -0.2) is 4.79 Å². The molecular weight excluding hydrogens is 196 g/mol. The quantitative estimate of drug-likeness (QED) is 0.701. The van der Waals surface area contributed by atoms with Crippen molar-refractivity contribution in [3.05, 3.63) is 22.9 Å². The van der Waals surface area contributed by atoms with E-state index < -0.39 is 0 Å². The van der Waals surface area contributed by atoms with Gasteiger partial charge in [0.2, 0.25) is 0 Å². The highest BCUT2D eigenvalue weighted by atomic mass is 32.2. The molecule has 0 saturated carbocycles. The summed E-state index contributed by atoms with van der Waals surface area (Å²) in [6, 6.07) is 0.254. The van der Waals surface area contributed by atoms with Gasteiger partial charge in [0.25, 0.3) is 0 Å². The van der Waals surface area contributed by atoms with Crippen molar-refractivity contribution in [1.82, 2.24) is 9.13 Å². The molecule has 0 unspecified atom stereocenters. The Hall–Kier alpha value is -0.640. The van der Waals surface area contributed by atoms with Crippen molar-refractivity contribution in [2.24, 2.45) is 0 Å². The average Bonchev–Trinajstić information content (AvgIpc) is 2.48. The molecule has 0 aliphatic rings. The van der Waals surface area contributed by atoms with Gasteiger partial charge in [-0.15, -0.1) is 0 Å². The smallest absolute Gasteiger partial charge is 0.299 e. The number of hydrogen-bond acceptors (Lipinski definition) is 2. The monoisotopic (exact) mass is 214 g/mol. The Morgan fingerprint density at radius 1 is 1.43 bits per heavy atom. The number of imidazole rings is 1. The van der Waals surface area contributed by atoms with Crippen molar-refractivity contribution in [3.8, 4) is 0 Å². The number of hydrogen-bond donors (Lipinski definition) is 0. The minimum Gasteiger partial charge on any atom is -0.299 e. The van der Waals surface area contributed by atoms with E-state index in [0.717, 1.165) is 18.7 Å². The second-order valence-electron chi connectivity index (χ2n) is 3.62. The van der Waals surface area contributed by atoms with Gasteiger partial charge in [-0.1, -0.05) is 0 Å². The molecule has 4 heteroatoms. The summed E-state index contributed by atoms with van der Waals surface area (Å²) in [5, 5.41) is 0. The molecule has 0 atom stereocenters. The van der Waals surface area contributed by atoms with E-state index in [1.54, 1.807) is 9.13 Å². The summed E-state index contributed by atoms with van der Waals surface area (Å²) < 4.78 is 3.55. The Morgan fingerprint density at radius 3 is 2.64 bits per heavy atom. The Labute approximate surface area is 89.1 Å². The third-order valence-electron chi connectivity index (χ3n) is 2.18. The van der Waals surface area contributed by atoms with Gasteiger partial charge in [0, 0.05) is 25.0 Å². The first-order valence-corrected chi connectivity index (χ1v) is 6.32. The molecule has 0 N–H and O–H groups in total. The lowest BCUT2D eigenvalue weighted by Crippen LogP contribution is -2.25. The predicted octanol–water partition coefficient (Wildman–Crippen LogP) is 1.98. The summed E-state index contributed by atoms with van der Waals surface area (Å²) >= 11 is 1.82. The number of nitrogens with zero attached hydrogens (tertiary/aromatic N) is 2. The fraction of sp³-hybridized carbons (Fsp3) is 0.700. The highest BCUT2D eigenvalue weighted by Gasteiger charge is 2.04. The maximum absolute atomic E-state index is 11.7. The average molecular weight is 214 g/mol. The van der Waals surface area contributed by atoms with Crippen LogP contribution in [0.5, 0.6) is 0 Å². The van der Waals surface area contributed by atoms with Crippen LogP contribution in [0.25, 0.3) is 0 Å². The predicted molar refractivity (Wildman–Crippen MR) is 62.1 cm³/mol. The molecule has 0 aromatic carbocycles. The van der Waals surface area contributed by atoms with Gasteiger partial charge in [0.1, 0.15) is 0 Å². The maximum Gasteiger partial charge on any atom is 0.328 e. The van der Waals surface area contributed by atoms with Crippen LogP contribution in [-0.2, 0) is 6.54 Å². The van der Waals surface area contributed by atoms with E-state index in [1.165, 1.54) is 0 Å². The second kappa shape index (κ2) is 5.29. The Balaban J connectivity index is 2.65. The van der Waals surface area contributed by atoms with Crippen LogP contribution in [-0.4, -0.2) is 21.1 Å². The van der Waals surface area contributed by atoms with Gasteiger partial charge >= 0.3 is 5.69 Å². The standard InChI is InChI=1S/C10H18N2OS/c1-9(2)12-7-6-11(10(12)13)5-4-8-14-3/h6-7,9H,4-5,8H2,1-3H3. The van der Waals surface area contributed by atoms with Crippen LogP contribution in [0.1, 0.15) is 26.3 Å². The lowest BCUT2D eigenvalue weighted by molar-refractivity contribution is 0.549. The summed E-state index contributed by atoms with van der Waals surface area (Å²) in [6.45, 7) is 4.88. The normalized spacial score (nSPS) is 11.1. The molecule has 0 aliphatic carbocycles. The van der Waals surface area contributed by atoms with Gasteiger partial charge < -0.3 is 0 Å². The van der Waals surface area contributed by atoms with Crippen molar-refractivity contribution in [2.75, 3.05) is 12.0 Å². The molecule has 14 heavy (non-hydrogen) atoms. The molecule has 0 spiro atoms. The fourth-order valence-electron chi connectivity index (χ4n) is 1.37. The molecule has 1 aromatic heterocycles. The van der Waals surface area contributed by atoms with E-state index in [1.807, 2.05) is 38.0 Å². The molecular formula is C10H18N2OS. The molecule has 0 saturated heterocycles. The van der Waals surface area contributed by atoms with E-state index >= 15 is 0 Å². The zero-order chi connectivity index (χ0) is 10.6. The number of thioether (sulfide) groups is 1. The van der Waals surface area contributed by atoms with E-state index in [2.05, 4.69) is 6.26 Å². The molecule has 0 radical (unpaired) electrons.